The molecule has 0 bridgehead atoms. The van der Waals surface area contributed by atoms with Crippen LogP contribution in [-0.2, 0) is 11.3 Å². The number of halogens is 1. The normalized spacial score (nSPS) is 14.8. The number of amides is 1. The van der Waals surface area contributed by atoms with Crippen LogP contribution in [-0.4, -0.2) is 21.4 Å². The largest absolute Gasteiger partial charge is 0.280 e. The quantitative estimate of drug-likeness (QED) is 0.555. The van der Waals surface area contributed by atoms with Crippen molar-refractivity contribution in [3.8, 4) is 17.3 Å². The third kappa shape index (κ3) is 3.88. The van der Waals surface area contributed by atoms with Crippen LogP contribution in [0.25, 0.3) is 17.3 Å². The number of nitriles is 1. The summed E-state index contributed by atoms with van der Waals surface area (Å²) in [7, 11) is 0. The number of para-hydroxylation sites is 1. The van der Waals surface area contributed by atoms with Crippen molar-refractivity contribution in [1.29, 1.82) is 5.26 Å². The van der Waals surface area contributed by atoms with E-state index in [2.05, 4.69) is 16.3 Å². The van der Waals surface area contributed by atoms with Crippen LogP contribution in [0.3, 0.4) is 0 Å². The van der Waals surface area contributed by atoms with E-state index in [1.807, 2.05) is 61.7 Å². The van der Waals surface area contributed by atoms with Gasteiger partial charge >= 0.3 is 0 Å². The lowest BCUT2D eigenvalue weighted by atomic mass is 10.0. The number of benzene rings is 2. The van der Waals surface area contributed by atoms with Crippen molar-refractivity contribution < 1.29 is 4.79 Å². The van der Waals surface area contributed by atoms with E-state index in [0.29, 0.717) is 35.0 Å². The number of aromatic nitrogens is 2. The molecule has 0 N–H and O–H groups in total. The highest BCUT2D eigenvalue weighted by Gasteiger charge is 2.29. The van der Waals surface area contributed by atoms with Gasteiger partial charge in [0.05, 0.1) is 41.7 Å². The molecule has 0 spiro atoms. The van der Waals surface area contributed by atoms with Crippen molar-refractivity contribution in [2.45, 2.75) is 19.9 Å². The highest BCUT2D eigenvalue weighted by atomic mass is 35.5. The van der Waals surface area contributed by atoms with E-state index in [-0.39, 0.29) is 5.91 Å². The zero-order valence-electron chi connectivity index (χ0n) is 16.3. The molecule has 4 rings (SSSR count). The highest BCUT2D eigenvalue weighted by molar-refractivity contribution is 6.32. The van der Waals surface area contributed by atoms with Crippen molar-refractivity contribution in [2.75, 3.05) is 5.01 Å². The lowest BCUT2D eigenvalue weighted by molar-refractivity contribution is -0.114. The summed E-state index contributed by atoms with van der Waals surface area (Å²) in [5.74, 6) is -0.189. The third-order valence-corrected chi connectivity index (χ3v) is 4.98. The maximum Gasteiger partial charge on any atom is 0.280 e. The molecule has 148 valence electrons. The molecule has 6 nitrogen and oxygen atoms in total. The SMILES string of the molecule is CC1=NN(c2ccccc2)C(=O)/C1=C\c1cn(CCC#N)nc1-c1ccc(Cl)cc1. The average Bonchev–Trinajstić information content (AvgIpc) is 3.29. The Hall–Kier alpha value is -3.69. The van der Waals surface area contributed by atoms with E-state index in [0.717, 1.165) is 16.8 Å². The van der Waals surface area contributed by atoms with E-state index in [1.54, 1.807) is 16.8 Å². The molecule has 1 aliphatic heterocycles. The molecular formula is C23H18ClN5O. The highest BCUT2D eigenvalue weighted by Crippen LogP contribution is 2.29. The molecule has 0 radical (unpaired) electrons. The Bertz CT molecular complexity index is 1190. The summed E-state index contributed by atoms with van der Waals surface area (Å²) < 4.78 is 1.72. The molecule has 0 aliphatic carbocycles. The topological polar surface area (TPSA) is 74.3 Å². The molecular weight excluding hydrogens is 398 g/mol. The number of nitrogens with zero attached hydrogens (tertiary/aromatic N) is 5. The Balaban J connectivity index is 1.74. The Labute approximate surface area is 179 Å². The van der Waals surface area contributed by atoms with Gasteiger partial charge in [0.15, 0.2) is 0 Å². The van der Waals surface area contributed by atoms with Gasteiger partial charge in [-0.15, -0.1) is 0 Å². The summed E-state index contributed by atoms with van der Waals surface area (Å²) in [6.07, 6.45) is 4.00. The average molecular weight is 416 g/mol. The lowest BCUT2D eigenvalue weighted by Gasteiger charge is -2.11. The van der Waals surface area contributed by atoms with Crippen LogP contribution < -0.4 is 5.01 Å². The molecule has 0 saturated heterocycles. The van der Waals surface area contributed by atoms with Gasteiger partial charge in [0.25, 0.3) is 5.91 Å². The molecule has 1 aliphatic rings. The van der Waals surface area contributed by atoms with Gasteiger partial charge in [-0.05, 0) is 37.3 Å². The van der Waals surface area contributed by atoms with Gasteiger partial charge in [-0.3, -0.25) is 9.48 Å². The van der Waals surface area contributed by atoms with Crippen LogP contribution in [0.2, 0.25) is 5.02 Å². The fraction of sp³-hybridized carbons (Fsp3) is 0.130. The first-order valence-corrected chi connectivity index (χ1v) is 9.82. The van der Waals surface area contributed by atoms with Gasteiger partial charge in [0, 0.05) is 22.3 Å². The van der Waals surface area contributed by atoms with Crippen molar-refractivity contribution in [1.82, 2.24) is 9.78 Å². The molecule has 0 saturated carbocycles. The number of carbonyl (C=O) groups excluding carboxylic acids is 1. The van der Waals surface area contributed by atoms with E-state index < -0.39 is 0 Å². The first-order valence-electron chi connectivity index (χ1n) is 9.44. The monoisotopic (exact) mass is 415 g/mol. The first kappa shape index (κ1) is 19.6. The molecule has 2 heterocycles. The van der Waals surface area contributed by atoms with Gasteiger partial charge in [-0.2, -0.15) is 20.5 Å². The van der Waals surface area contributed by atoms with Gasteiger partial charge in [0.2, 0.25) is 0 Å². The summed E-state index contributed by atoms with van der Waals surface area (Å²) in [5.41, 5.74) is 4.23. The minimum atomic E-state index is -0.189. The van der Waals surface area contributed by atoms with Crippen LogP contribution in [0.4, 0.5) is 5.69 Å². The van der Waals surface area contributed by atoms with E-state index in [9.17, 15) is 4.79 Å². The number of rotatable bonds is 5. The summed E-state index contributed by atoms with van der Waals surface area (Å²) in [6, 6.07) is 18.8. The number of carbonyl (C=O) groups is 1. The van der Waals surface area contributed by atoms with Gasteiger partial charge < -0.3 is 0 Å². The summed E-state index contributed by atoms with van der Waals surface area (Å²) in [5, 5.41) is 20.0. The maximum atomic E-state index is 13.0. The van der Waals surface area contributed by atoms with Crippen LogP contribution in [0.5, 0.6) is 0 Å². The van der Waals surface area contributed by atoms with Crippen LogP contribution >= 0.6 is 11.6 Å². The number of hydrazone groups is 1. The maximum absolute atomic E-state index is 13.0. The molecule has 0 fully saturated rings. The molecule has 30 heavy (non-hydrogen) atoms. The van der Waals surface area contributed by atoms with Crippen molar-refractivity contribution in [3.63, 3.8) is 0 Å². The predicted molar refractivity (Wildman–Crippen MR) is 118 cm³/mol. The Morgan fingerprint density at radius 2 is 1.87 bits per heavy atom. The van der Waals surface area contributed by atoms with E-state index >= 15 is 0 Å². The second kappa shape index (κ2) is 8.36. The zero-order valence-corrected chi connectivity index (χ0v) is 17.0. The fourth-order valence-corrected chi connectivity index (χ4v) is 3.36. The molecule has 7 heteroatoms. The molecule has 0 unspecified atom stereocenters. The Morgan fingerprint density at radius 1 is 1.13 bits per heavy atom. The molecule has 3 aromatic rings. The van der Waals surface area contributed by atoms with Crippen LogP contribution in [0.15, 0.2) is 71.5 Å². The number of hydrogen-bond donors (Lipinski definition) is 0. The summed E-state index contributed by atoms with van der Waals surface area (Å²) in [4.78, 5) is 13.0. The van der Waals surface area contributed by atoms with Gasteiger partial charge in [-0.25, -0.2) is 0 Å². The van der Waals surface area contributed by atoms with Crippen molar-refractivity contribution in [2.24, 2.45) is 5.10 Å². The number of hydrogen-bond acceptors (Lipinski definition) is 4. The Morgan fingerprint density at radius 3 is 2.57 bits per heavy atom. The van der Waals surface area contributed by atoms with Crippen LogP contribution in [0, 0.1) is 11.3 Å². The Kier molecular flexibility index (Phi) is 5.46. The standard InChI is InChI=1S/C23H18ClN5O/c1-16-21(23(30)29(26-16)20-6-3-2-4-7-20)14-18-15-28(13-5-12-25)27-22(18)17-8-10-19(24)11-9-17/h2-4,6-11,14-15H,5,13H2,1H3/b21-14-. The number of aryl methyl sites for hydroxylation is 1. The second-order valence-corrected chi connectivity index (χ2v) is 7.24. The zero-order chi connectivity index (χ0) is 21.1. The van der Waals surface area contributed by atoms with Gasteiger partial charge in [-0.1, -0.05) is 41.9 Å². The van der Waals surface area contributed by atoms with Gasteiger partial charge in [0.1, 0.15) is 0 Å². The molecule has 1 amide bonds. The molecule has 2 aromatic carbocycles. The summed E-state index contributed by atoms with van der Waals surface area (Å²) in [6.45, 7) is 2.28. The van der Waals surface area contributed by atoms with Crippen molar-refractivity contribution in [3.05, 3.63) is 77.0 Å². The van der Waals surface area contributed by atoms with E-state index in [4.69, 9.17) is 16.9 Å². The minimum absolute atomic E-state index is 0.189. The smallest absolute Gasteiger partial charge is 0.270 e. The predicted octanol–water partition coefficient (Wildman–Crippen LogP) is 4.92. The fourth-order valence-electron chi connectivity index (χ4n) is 3.24. The van der Waals surface area contributed by atoms with Crippen molar-refractivity contribution >= 4 is 35.0 Å². The van der Waals surface area contributed by atoms with Crippen LogP contribution in [0.1, 0.15) is 18.9 Å². The lowest BCUT2D eigenvalue weighted by Crippen LogP contribution is -2.21. The molecule has 1 aromatic heterocycles. The molecule has 0 atom stereocenters. The first-order chi connectivity index (χ1) is 14.6. The number of anilines is 1. The second-order valence-electron chi connectivity index (χ2n) is 6.81. The minimum Gasteiger partial charge on any atom is -0.270 e. The third-order valence-electron chi connectivity index (χ3n) is 4.72. The summed E-state index contributed by atoms with van der Waals surface area (Å²) >= 11 is 6.02. The van der Waals surface area contributed by atoms with E-state index in [1.165, 1.54) is 5.01 Å².